The molecule has 1 unspecified atom stereocenters. The lowest BCUT2D eigenvalue weighted by Crippen LogP contribution is -2.05. The molecule has 3 heteroatoms. The number of rotatable bonds is 4. The predicted octanol–water partition coefficient (Wildman–Crippen LogP) is 2.81. The first kappa shape index (κ1) is 11.2. The molecule has 1 N–H and O–H groups in total. The normalized spacial score (nSPS) is 13.2. The first-order valence-corrected chi connectivity index (χ1v) is 5.46. The molecule has 0 aliphatic carbocycles. The molecule has 16 heavy (non-hydrogen) atoms. The van der Waals surface area contributed by atoms with Crippen molar-refractivity contribution in [3.8, 4) is 0 Å². The molecule has 0 bridgehead atoms. The zero-order chi connectivity index (χ0) is 11.5. The van der Waals surface area contributed by atoms with Gasteiger partial charge < -0.3 is 14.3 Å². The van der Waals surface area contributed by atoms with E-state index in [1.54, 1.807) is 0 Å². The minimum absolute atomic E-state index is 0.273. The first-order chi connectivity index (χ1) is 7.70. The third-order valence-corrected chi connectivity index (χ3v) is 2.50. The lowest BCUT2D eigenvalue weighted by atomic mass is 10.2. The van der Waals surface area contributed by atoms with E-state index in [0.29, 0.717) is 12.4 Å². The second kappa shape index (κ2) is 4.68. The van der Waals surface area contributed by atoms with Crippen molar-refractivity contribution in [1.29, 1.82) is 0 Å². The number of aliphatic hydroxyl groups excluding tert-OH is 1. The highest BCUT2D eigenvalue weighted by Gasteiger charge is 2.13. The average molecular weight is 220 g/mol. The third-order valence-electron chi connectivity index (χ3n) is 2.50. The summed E-state index contributed by atoms with van der Waals surface area (Å²) in [6.07, 6.45) is -0.687. The molecule has 0 fully saturated rings. The fourth-order valence-electron chi connectivity index (χ4n) is 1.66. The van der Waals surface area contributed by atoms with Crippen molar-refractivity contribution in [2.24, 2.45) is 0 Å². The summed E-state index contributed by atoms with van der Waals surface area (Å²) in [5.74, 6) is 0.564. The van der Waals surface area contributed by atoms with Crippen molar-refractivity contribution >= 4 is 11.0 Å². The molecule has 1 atom stereocenters. The molecule has 0 radical (unpaired) electrons. The van der Waals surface area contributed by atoms with Crippen molar-refractivity contribution in [3.05, 3.63) is 35.6 Å². The number of benzene rings is 1. The van der Waals surface area contributed by atoms with Gasteiger partial charge in [-0.1, -0.05) is 11.6 Å². The summed E-state index contributed by atoms with van der Waals surface area (Å²) in [7, 11) is 0. The van der Waals surface area contributed by atoms with Gasteiger partial charge in [-0.15, -0.1) is 0 Å². The number of ether oxygens (including phenoxy) is 1. The van der Waals surface area contributed by atoms with Crippen molar-refractivity contribution < 1.29 is 14.3 Å². The highest BCUT2D eigenvalue weighted by Crippen LogP contribution is 2.24. The summed E-state index contributed by atoms with van der Waals surface area (Å²) in [6, 6.07) is 7.81. The summed E-state index contributed by atoms with van der Waals surface area (Å²) in [4.78, 5) is 0. The molecule has 86 valence electrons. The SMILES string of the molecule is CCOCC(O)c1cc2cc(C)ccc2o1. The molecule has 1 heterocycles. The van der Waals surface area contributed by atoms with E-state index in [0.717, 1.165) is 11.0 Å². The van der Waals surface area contributed by atoms with E-state index in [-0.39, 0.29) is 6.61 Å². The molecule has 2 aromatic rings. The Bertz CT molecular complexity index is 473. The standard InChI is InChI=1S/C13H16O3/c1-3-15-8-11(14)13-7-10-6-9(2)4-5-12(10)16-13/h4-7,11,14H,3,8H2,1-2H3. The van der Waals surface area contributed by atoms with Gasteiger partial charge in [0, 0.05) is 12.0 Å². The van der Waals surface area contributed by atoms with Crippen molar-refractivity contribution in [2.75, 3.05) is 13.2 Å². The maximum atomic E-state index is 9.80. The highest BCUT2D eigenvalue weighted by molar-refractivity contribution is 5.78. The van der Waals surface area contributed by atoms with Gasteiger partial charge in [0.1, 0.15) is 17.4 Å². The largest absolute Gasteiger partial charge is 0.458 e. The molecular formula is C13H16O3. The second-order valence-corrected chi connectivity index (χ2v) is 3.87. The van der Waals surface area contributed by atoms with Gasteiger partial charge in [0.25, 0.3) is 0 Å². The fraction of sp³-hybridized carbons (Fsp3) is 0.385. The van der Waals surface area contributed by atoms with Crippen molar-refractivity contribution in [3.63, 3.8) is 0 Å². The zero-order valence-corrected chi connectivity index (χ0v) is 9.56. The van der Waals surface area contributed by atoms with Crippen LogP contribution in [0.5, 0.6) is 0 Å². The van der Waals surface area contributed by atoms with Crippen LogP contribution in [0.4, 0.5) is 0 Å². The summed E-state index contributed by atoms with van der Waals surface area (Å²) in [5, 5.41) is 10.8. The van der Waals surface area contributed by atoms with Gasteiger partial charge in [-0.25, -0.2) is 0 Å². The summed E-state index contributed by atoms with van der Waals surface area (Å²) in [6.45, 7) is 4.79. The molecular weight excluding hydrogens is 204 g/mol. The van der Waals surface area contributed by atoms with Crippen molar-refractivity contribution in [2.45, 2.75) is 20.0 Å². The quantitative estimate of drug-likeness (QED) is 0.861. The Balaban J connectivity index is 2.25. The van der Waals surface area contributed by atoms with Gasteiger partial charge in [-0.2, -0.15) is 0 Å². The van der Waals surface area contributed by atoms with Crippen LogP contribution in [0.25, 0.3) is 11.0 Å². The average Bonchev–Trinajstić information content (AvgIpc) is 2.68. The molecule has 0 aliphatic rings. The van der Waals surface area contributed by atoms with Gasteiger partial charge in [-0.05, 0) is 32.0 Å². The van der Waals surface area contributed by atoms with E-state index in [1.165, 1.54) is 5.56 Å². The van der Waals surface area contributed by atoms with Crippen LogP contribution >= 0.6 is 0 Å². The van der Waals surface area contributed by atoms with Crippen LogP contribution < -0.4 is 0 Å². The van der Waals surface area contributed by atoms with Gasteiger partial charge in [0.15, 0.2) is 0 Å². The molecule has 0 saturated carbocycles. The van der Waals surface area contributed by atoms with E-state index in [4.69, 9.17) is 9.15 Å². The van der Waals surface area contributed by atoms with Gasteiger partial charge in [-0.3, -0.25) is 0 Å². The maximum Gasteiger partial charge on any atom is 0.136 e. The third kappa shape index (κ3) is 2.26. The van der Waals surface area contributed by atoms with Crippen molar-refractivity contribution in [1.82, 2.24) is 0 Å². The number of hydrogen-bond acceptors (Lipinski definition) is 3. The van der Waals surface area contributed by atoms with E-state index in [2.05, 4.69) is 0 Å². The Hall–Kier alpha value is -1.32. The number of aryl methyl sites for hydroxylation is 1. The van der Waals surface area contributed by atoms with Gasteiger partial charge in [0.05, 0.1) is 6.61 Å². The van der Waals surface area contributed by atoms with E-state index < -0.39 is 6.10 Å². The topological polar surface area (TPSA) is 42.6 Å². The summed E-state index contributed by atoms with van der Waals surface area (Å²) < 4.78 is 10.7. The Labute approximate surface area is 94.6 Å². The Morgan fingerprint density at radius 2 is 2.19 bits per heavy atom. The number of fused-ring (bicyclic) bond motifs is 1. The number of furan rings is 1. The van der Waals surface area contributed by atoms with E-state index >= 15 is 0 Å². The monoisotopic (exact) mass is 220 g/mol. The van der Waals surface area contributed by atoms with Crippen LogP contribution in [0.1, 0.15) is 24.4 Å². The predicted molar refractivity (Wildman–Crippen MR) is 62.4 cm³/mol. The number of hydrogen-bond donors (Lipinski definition) is 1. The second-order valence-electron chi connectivity index (χ2n) is 3.87. The lowest BCUT2D eigenvalue weighted by Gasteiger charge is -2.06. The Kier molecular flexibility index (Phi) is 3.27. The molecule has 0 saturated heterocycles. The van der Waals surface area contributed by atoms with Crippen LogP contribution in [-0.2, 0) is 4.74 Å². The zero-order valence-electron chi connectivity index (χ0n) is 9.56. The molecule has 0 amide bonds. The minimum Gasteiger partial charge on any atom is -0.458 e. The molecule has 0 aliphatic heterocycles. The van der Waals surface area contributed by atoms with Crippen LogP contribution in [0.15, 0.2) is 28.7 Å². The smallest absolute Gasteiger partial charge is 0.136 e. The summed E-state index contributed by atoms with van der Waals surface area (Å²) in [5.41, 5.74) is 1.98. The molecule has 1 aromatic carbocycles. The summed E-state index contributed by atoms with van der Waals surface area (Å²) >= 11 is 0. The van der Waals surface area contributed by atoms with E-state index in [9.17, 15) is 5.11 Å². The van der Waals surface area contributed by atoms with Crippen LogP contribution in [-0.4, -0.2) is 18.3 Å². The minimum atomic E-state index is -0.687. The molecule has 2 rings (SSSR count). The van der Waals surface area contributed by atoms with Crippen LogP contribution in [0, 0.1) is 6.92 Å². The molecule has 3 nitrogen and oxygen atoms in total. The number of aliphatic hydroxyl groups is 1. The van der Waals surface area contributed by atoms with Gasteiger partial charge in [0.2, 0.25) is 0 Å². The van der Waals surface area contributed by atoms with E-state index in [1.807, 2.05) is 38.1 Å². The molecule has 1 aromatic heterocycles. The lowest BCUT2D eigenvalue weighted by molar-refractivity contribution is 0.0312. The maximum absolute atomic E-state index is 9.80. The Morgan fingerprint density at radius 3 is 2.94 bits per heavy atom. The van der Waals surface area contributed by atoms with Gasteiger partial charge >= 0.3 is 0 Å². The van der Waals surface area contributed by atoms with Crippen LogP contribution in [0.3, 0.4) is 0 Å². The fourth-order valence-corrected chi connectivity index (χ4v) is 1.66. The Morgan fingerprint density at radius 1 is 1.38 bits per heavy atom. The highest BCUT2D eigenvalue weighted by atomic mass is 16.5. The molecule has 0 spiro atoms. The van der Waals surface area contributed by atoms with Crippen LogP contribution in [0.2, 0.25) is 0 Å². The first-order valence-electron chi connectivity index (χ1n) is 5.46.